The Morgan fingerprint density at radius 2 is 2.15 bits per heavy atom. The minimum Gasteiger partial charge on any atom is -0.465 e. The third-order valence-electron chi connectivity index (χ3n) is 3.63. The molecule has 3 rings (SSSR count). The van der Waals surface area contributed by atoms with Crippen LogP contribution in [0.5, 0.6) is 0 Å². The molecule has 1 N–H and O–H groups in total. The average molecular weight is 390 g/mol. The summed E-state index contributed by atoms with van der Waals surface area (Å²) in [5.41, 5.74) is 1.37. The molecule has 0 radical (unpaired) electrons. The Kier molecular flexibility index (Phi) is 5.95. The van der Waals surface area contributed by atoms with Crippen molar-refractivity contribution >= 4 is 45.2 Å². The van der Waals surface area contributed by atoms with Crippen LogP contribution in [0, 0.1) is 6.92 Å². The number of rotatable bonds is 7. The number of aromatic nitrogens is 1. The minimum absolute atomic E-state index is 0.0928. The zero-order valence-corrected chi connectivity index (χ0v) is 16.0. The highest BCUT2D eigenvalue weighted by Crippen LogP contribution is 2.24. The molecule has 0 saturated heterocycles. The zero-order chi connectivity index (χ0) is 18.5. The molecule has 0 aliphatic heterocycles. The fraction of sp³-hybridized carbons (Fsp3) is 0.278. The maximum absolute atomic E-state index is 12.0. The topological polar surface area (TPSA) is 81.4 Å². The Hall–Kier alpha value is -2.32. The maximum Gasteiger partial charge on any atom is 0.341 e. The third-order valence-corrected chi connectivity index (χ3v) is 5.79. The number of fused-ring (bicyclic) bond motifs is 1. The molecular formula is C18H18N2O4S2. The molecule has 136 valence electrons. The third kappa shape index (κ3) is 4.44. The summed E-state index contributed by atoms with van der Waals surface area (Å²) < 4.78 is 11.3. The van der Waals surface area contributed by atoms with Crippen molar-refractivity contribution in [2.45, 2.75) is 19.2 Å². The van der Waals surface area contributed by atoms with Crippen LogP contribution in [0.3, 0.4) is 0 Å². The number of carbonyl (C=O) groups is 2. The van der Waals surface area contributed by atoms with Crippen molar-refractivity contribution in [2.75, 3.05) is 12.9 Å². The van der Waals surface area contributed by atoms with Crippen molar-refractivity contribution in [2.24, 2.45) is 0 Å². The SMILES string of the molecule is COC(=O)c1cc(CNC(=O)CSCc2nc3ccccc3s2)oc1C. The predicted molar refractivity (Wildman–Crippen MR) is 102 cm³/mol. The first kappa shape index (κ1) is 18.5. The molecule has 3 aromatic rings. The highest BCUT2D eigenvalue weighted by molar-refractivity contribution is 7.99. The highest BCUT2D eigenvalue weighted by atomic mass is 32.2. The van der Waals surface area contributed by atoms with Crippen molar-refractivity contribution in [3.8, 4) is 0 Å². The summed E-state index contributed by atoms with van der Waals surface area (Å²) in [6, 6.07) is 9.58. The van der Waals surface area contributed by atoms with Crippen LogP contribution in [0.4, 0.5) is 0 Å². The summed E-state index contributed by atoms with van der Waals surface area (Å²) in [6.45, 7) is 1.92. The first-order valence-corrected chi connectivity index (χ1v) is 9.90. The molecule has 1 amide bonds. The van der Waals surface area contributed by atoms with Crippen LogP contribution in [0.1, 0.15) is 26.9 Å². The molecule has 6 nitrogen and oxygen atoms in total. The van der Waals surface area contributed by atoms with Crippen LogP contribution < -0.4 is 5.32 Å². The van der Waals surface area contributed by atoms with Crippen molar-refractivity contribution < 1.29 is 18.7 Å². The van der Waals surface area contributed by atoms with Gasteiger partial charge in [0.15, 0.2) is 0 Å². The van der Waals surface area contributed by atoms with E-state index in [-0.39, 0.29) is 12.5 Å². The van der Waals surface area contributed by atoms with E-state index in [1.165, 1.54) is 18.9 Å². The van der Waals surface area contributed by atoms with E-state index in [9.17, 15) is 9.59 Å². The van der Waals surface area contributed by atoms with Gasteiger partial charge in [-0.3, -0.25) is 4.79 Å². The maximum atomic E-state index is 12.0. The molecule has 0 bridgehead atoms. The summed E-state index contributed by atoms with van der Waals surface area (Å²) in [5, 5.41) is 3.79. The number of aryl methyl sites for hydroxylation is 1. The summed E-state index contributed by atoms with van der Waals surface area (Å²) in [4.78, 5) is 28.1. The highest BCUT2D eigenvalue weighted by Gasteiger charge is 2.15. The van der Waals surface area contributed by atoms with Crippen LogP contribution in [0.25, 0.3) is 10.2 Å². The van der Waals surface area contributed by atoms with Gasteiger partial charge in [-0.2, -0.15) is 0 Å². The predicted octanol–water partition coefficient (Wildman–Crippen LogP) is 3.53. The van der Waals surface area contributed by atoms with E-state index >= 15 is 0 Å². The lowest BCUT2D eigenvalue weighted by Crippen LogP contribution is -2.24. The summed E-state index contributed by atoms with van der Waals surface area (Å²) in [6.07, 6.45) is 0. The van der Waals surface area contributed by atoms with E-state index in [0.29, 0.717) is 28.6 Å². The molecular weight excluding hydrogens is 372 g/mol. The molecule has 1 aromatic carbocycles. The number of nitrogens with one attached hydrogen (secondary N) is 1. The fourth-order valence-electron chi connectivity index (χ4n) is 2.39. The first-order valence-electron chi connectivity index (χ1n) is 7.93. The molecule has 2 heterocycles. The second-order valence-electron chi connectivity index (χ2n) is 5.52. The first-order chi connectivity index (χ1) is 12.6. The number of nitrogens with zero attached hydrogens (tertiary/aromatic N) is 1. The molecule has 0 atom stereocenters. The summed E-state index contributed by atoms with van der Waals surface area (Å²) >= 11 is 3.16. The van der Waals surface area contributed by atoms with Crippen LogP contribution in [0.2, 0.25) is 0 Å². The number of furan rings is 1. The van der Waals surface area contributed by atoms with Gasteiger partial charge >= 0.3 is 5.97 Å². The van der Waals surface area contributed by atoms with Crippen molar-refractivity contribution in [1.82, 2.24) is 10.3 Å². The molecule has 8 heteroatoms. The van der Waals surface area contributed by atoms with Crippen LogP contribution in [-0.2, 0) is 21.8 Å². The Bertz CT molecular complexity index is 899. The lowest BCUT2D eigenvalue weighted by molar-refractivity contribution is -0.118. The molecule has 0 aliphatic carbocycles. The van der Waals surface area contributed by atoms with E-state index in [1.807, 2.05) is 24.3 Å². The fourth-order valence-corrected chi connectivity index (χ4v) is 4.27. The number of ether oxygens (including phenoxy) is 1. The molecule has 0 fully saturated rings. The lowest BCUT2D eigenvalue weighted by atomic mass is 10.2. The van der Waals surface area contributed by atoms with Gasteiger partial charge in [-0.05, 0) is 25.1 Å². The Labute approximate surface area is 158 Å². The molecule has 0 unspecified atom stereocenters. The van der Waals surface area contributed by atoms with Gasteiger partial charge in [0.1, 0.15) is 22.1 Å². The number of thiazole rings is 1. The van der Waals surface area contributed by atoms with Crippen molar-refractivity contribution in [3.05, 3.63) is 52.4 Å². The molecule has 0 spiro atoms. The largest absolute Gasteiger partial charge is 0.465 e. The second kappa shape index (κ2) is 8.37. The van der Waals surface area contributed by atoms with Crippen LogP contribution >= 0.6 is 23.1 Å². The number of carbonyl (C=O) groups excluding carboxylic acids is 2. The zero-order valence-electron chi connectivity index (χ0n) is 14.4. The van der Waals surface area contributed by atoms with Gasteiger partial charge < -0.3 is 14.5 Å². The van der Waals surface area contributed by atoms with Gasteiger partial charge in [-0.15, -0.1) is 23.1 Å². The van der Waals surface area contributed by atoms with Gasteiger partial charge in [0.05, 0.1) is 29.6 Å². The monoisotopic (exact) mass is 390 g/mol. The van der Waals surface area contributed by atoms with E-state index in [2.05, 4.69) is 15.0 Å². The number of hydrogen-bond donors (Lipinski definition) is 1. The quantitative estimate of drug-likeness (QED) is 0.622. The molecule has 0 aliphatic rings. The van der Waals surface area contributed by atoms with Gasteiger partial charge in [-0.1, -0.05) is 12.1 Å². The Balaban J connectivity index is 1.45. The number of thioether (sulfide) groups is 1. The van der Waals surface area contributed by atoms with Crippen molar-refractivity contribution in [1.29, 1.82) is 0 Å². The average Bonchev–Trinajstić information content (AvgIpc) is 3.22. The van der Waals surface area contributed by atoms with Gasteiger partial charge in [-0.25, -0.2) is 9.78 Å². The number of hydrogen-bond acceptors (Lipinski definition) is 7. The van der Waals surface area contributed by atoms with Crippen molar-refractivity contribution in [3.63, 3.8) is 0 Å². The molecule has 2 aromatic heterocycles. The second-order valence-corrected chi connectivity index (χ2v) is 7.62. The molecule has 26 heavy (non-hydrogen) atoms. The standard InChI is InChI=1S/C18H18N2O4S2/c1-11-13(18(22)23-2)7-12(24-11)8-19-16(21)9-25-10-17-20-14-5-3-4-6-15(14)26-17/h3-7H,8-10H2,1-2H3,(H,19,21). The number of esters is 1. The number of methoxy groups -OCH3 is 1. The number of benzene rings is 1. The normalized spacial score (nSPS) is 10.8. The summed E-state index contributed by atoms with van der Waals surface area (Å²) in [5.74, 6) is 1.48. The summed E-state index contributed by atoms with van der Waals surface area (Å²) in [7, 11) is 1.32. The lowest BCUT2D eigenvalue weighted by Gasteiger charge is -2.02. The van der Waals surface area contributed by atoms with E-state index in [0.717, 1.165) is 15.2 Å². The number of amides is 1. The van der Waals surface area contributed by atoms with Crippen LogP contribution in [0.15, 0.2) is 34.7 Å². The van der Waals surface area contributed by atoms with Gasteiger partial charge in [0, 0.05) is 5.75 Å². The smallest absolute Gasteiger partial charge is 0.341 e. The van der Waals surface area contributed by atoms with E-state index < -0.39 is 5.97 Å². The van der Waals surface area contributed by atoms with Gasteiger partial charge in [0.2, 0.25) is 5.91 Å². The van der Waals surface area contributed by atoms with E-state index in [1.54, 1.807) is 24.3 Å². The van der Waals surface area contributed by atoms with Gasteiger partial charge in [0.25, 0.3) is 0 Å². The molecule has 0 saturated carbocycles. The minimum atomic E-state index is -0.449. The van der Waals surface area contributed by atoms with Crippen LogP contribution in [-0.4, -0.2) is 29.7 Å². The Morgan fingerprint density at radius 3 is 2.92 bits per heavy atom. The van der Waals surface area contributed by atoms with E-state index in [4.69, 9.17) is 4.42 Å². The number of para-hydroxylation sites is 1. The Morgan fingerprint density at radius 1 is 1.35 bits per heavy atom.